The van der Waals surface area contributed by atoms with Gasteiger partial charge in [0.15, 0.2) is 0 Å². The van der Waals surface area contributed by atoms with E-state index in [1.54, 1.807) is 0 Å². The predicted octanol–water partition coefficient (Wildman–Crippen LogP) is 7.77. The highest BCUT2D eigenvalue weighted by Gasteiger charge is 2.36. The number of allylic oxidation sites excluding steroid dienone is 4. The average molecular weight is 363 g/mol. The minimum Gasteiger partial charge on any atom is -0.457 e. The molecular weight excluding hydrogens is 336 g/mol. The van der Waals surface area contributed by atoms with Gasteiger partial charge < -0.3 is 4.74 Å². The summed E-state index contributed by atoms with van der Waals surface area (Å²) in [6, 6.07) is 12.9. The molecule has 134 valence electrons. The van der Waals surface area contributed by atoms with Gasteiger partial charge >= 0.3 is 0 Å². The Kier molecular flexibility index (Phi) is 5.06. The Labute approximate surface area is 160 Å². The minimum absolute atomic E-state index is 0.135. The molecule has 1 nitrogen and oxygen atoms in total. The smallest absolute Gasteiger partial charge is 0.132 e. The van der Waals surface area contributed by atoms with E-state index in [-0.39, 0.29) is 5.41 Å². The van der Waals surface area contributed by atoms with E-state index in [2.05, 4.69) is 69.0 Å². The van der Waals surface area contributed by atoms with Crippen molar-refractivity contribution in [3.05, 3.63) is 78.1 Å². The summed E-state index contributed by atoms with van der Waals surface area (Å²) in [5, 5.41) is 2.63. The van der Waals surface area contributed by atoms with Crippen LogP contribution in [0.4, 0.5) is 0 Å². The largest absolute Gasteiger partial charge is 0.457 e. The Bertz CT molecular complexity index is 1030. The van der Waals surface area contributed by atoms with Crippen LogP contribution in [0.25, 0.3) is 20.2 Å². The summed E-state index contributed by atoms with van der Waals surface area (Å²) >= 11 is 1.86. The number of thiophene rings is 1. The molecule has 0 saturated heterocycles. The Morgan fingerprint density at radius 2 is 1.77 bits per heavy atom. The van der Waals surface area contributed by atoms with E-state index in [0.29, 0.717) is 0 Å². The molecule has 0 unspecified atom stereocenters. The molecule has 0 atom stereocenters. The van der Waals surface area contributed by atoms with Crippen LogP contribution < -0.4 is 4.74 Å². The third kappa shape index (κ3) is 2.69. The molecule has 26 heavy (non-hydrogen) atoms. The van der Waals surface area contributed by atoms with Crippen LogP contribution in [0.15, 0.2) is 72.5 Å². The summed E-state index contributed by atoms with van der Waals surface area (Å²) in [4.78, 5) is 0. The van der Waals surface area contributed by atoms with Gasteiger partial charge in [0, 0.05) is 36.7 Å². The van der Waals surface area contributed by atoms with Crippen molar-refractivity contribution in [2.24, 2.45) is 0 Å². The number of benzene rings is 2. The lowest BCUT2D eigenvalue weighted by atomic mass is 9.74. The lowest BCUT2D eigenvalue weighted by Crippen LogP contribution is -2.27. The maximum absolute atomic E-state index is 6.20. The van der Waals surface area contributed by atoms with Crippen LogP contribution in [0, 0.1) is 0 Å². The van der Waals surface area contributed by atoms with Crippen molar-refractivity contribution in [1.29, 1.82) is 0 Å². The summed E-state index contributed by atoms with van der Waals surface area (Å²) in [6.45, 7) is 14.5. The first-order valence-electron chi connectivity index (χ1n) is 9.20. The first-order valence-corrected chi connectivity index (χ1v) is 10.0. The molecule has 0 bridgehead atoms. The van der Waals surface area contributed by atoms with E-state index in [1.165, 1.54) is 31.3 Å². The molecule has 0 spiro atoms. The standard InChI is InChI=1S/C22H20OS.C2H6/c1-5-9-16-17(6-2)23-18-13-12-15-14-10-7-8-11-19(14)24-21(15)20(18)22(16,3)4;1-2/h5-13H,2H2,1,3-4H3;1-2H3/b9-5-;. The number of hydrogen-bond donors (Lipinski definition) is 0. The Morgan fingerprint density at radius 3 is 2.46 bits per heavy atom. The van der Waals surface area contributed by atoms with Crippen LogP contribution in [0.3, 0.4) is 0 Å². The van der Waals surface area contributed by atoms with Gasteiger partial charge in [-0.2, -0.15) is 0 Å². The van der Waals surface area contributed by atoms with E-state index >= 15 is 0 Å². The zero-order valence-corrected chi connectivity index (χ0v) is 17.0. The van der Waals surface area contributed by atoms with Gasteiger partial charge in [-0.25, -0.2) is 0 Å². The monoisotopic (exact) mass is 362 g/mol. The average Bonchev–Trinajstić information content (AvgIpc) is 3.03. The van der Waals surface area contributed by atoms with Crippen LogP contribution >= 0.6 is 11.3 Å². The molecule has 0 aliphatic carbocycles. The predicted molar refractivity (Wildman–Crippen MR) is 116 cm³/mol. The van der Waals surface area contributed by atoms with E-state index in [1.807, 2.05) is 38.2 Å². The maximum atomic E-state index is 6.20. The molecular formula is C24H26OS. The van der Waals surface area contributed by atoms with Gasteiger partial charge in [0.25, 0.3) is 0 Å². The van der Waals surface area contributed by atoms with Crippen molar-refractivity contribution >= 4 is 31.5 Å². The molecule has 0 radical (unpaired) electrons. The minimum atomic E-state index is -0.135. The van der Waals surface area contributed by atoms with Gasteiger partial charge in [-0.05, 0) is 31.2 Å². The summed E-state index contributed by atoms with van der Waals surface area (Å²) in [7, 11) is 0. The van der Waals surface area contributed by atoms with Crippen molar-refractivity contribution in [3.8, 4) is 5.75 Å². The van der Waals surface area contributed by atoms with E-state index in [0.717, 1.165) is 11.5 Å². The van der Waals surface area contributed by atoms with Crippen LogP contribution in [0.2, 0.25) is 0 Å². The topological polar surface area (TPSA) is 9.23 Å². The fourth-order valence-corrected chi connectivity index (χ4v) is 5.07. The number of hydrogen-bond acceptors (Lipinski definition) is 2. The van der Waals surface area contributed by atoms with E-state index in [9.17, 15) is 0 Å². The molecule has 2 heteroatoms. The highest BCUT2D eigenvalue weighted by molar-refractivity contribution is 7.26. The van der Waals surface area contributed by atoms with Crippen LogP contribution in [0.5, 0.6) is 5.75 Å². The van der Waals surface area contributed by atoms with Crippen molar-refractivity contribution in [3.63, 3.8) is 0 Å². The number of ether oxygens (including phenoxy) is 1. The third-order valence-electron chi connectivity index (χ3n) is 4.81. The van der Waals surface area contributed by atoms with Crippen molar-refractivity contribution in [2.75, 3.05) is 0 Å². The normalized spacial score (nSPS) is 15.6. The van der Waals surface area contributed by atoms with Gasteiger partial charge in [-0.15, -0.1) is 11.3 Å². The Morgan fingerprint density at radius 1 is 1.04 bits per heavy atom. The molecule has 1 aromatic heterocycles. The summed E-state index contributed by atoms with van der Waals surface area (Å²) < 4.78 is 8.85. The highest BCUT2D eigenvalue weighted by atomic mass is 32.1. The maximum Gasteiger partial charge on any atom is 0.132 e. The van der Waals surface area contributed by atoms with Crippen molar-refractivity contribution < 1.29 is 4.74 Å². The van der Waals surface area contributed by atoms with Gasteiger partial charge in [0.1, 0.15) is 11.5 Å². The highest BCUT2D eigenvalue weighted by Crippen LogP contribution is 2.50. The molecule has 0 fully saturated rings. The lowest BCUT2D eigenvalue weighted by molar-refractivity contribution is 0.391. The van der Waals surface area contributed by atoms with Gasteiger partial charge in [-0.1, -0.05) is 64.6 Å². The SMILES string of the molecule is C=CC1=C(/C=C\C)C(C)(C)c2c(ccc3c2sc2ccccc23)O1.CC. The number of fused-ring (bicyclic) bond motifs is 5. The van der Waals surface area contributed by atoms with Gasteiger partial charge in [0.05, 0.1) is 0 Å². The first-order chi connectivity index (χ1) is 12.6. The van der Waals surface area contributed by atoms with Crippen LogP contribution in [0.1, 0.15) is 40.2 Å². The molecule has 2 aromatic carbocycles. The quantitative estimate of drug-likeness (QED) is 0.452. The number of rotatable bonds is 2. The fraction of sp³-hybridized carbons (Fsp3) is 0.250. The summed E-state index contributed by atoms with van der Waals surface area (Å²) in [5.41, 5.74) is 2.32. The van der Waals surface area contributed by atoms with E-state index in [4.69, 9.17) is 4.74 Å². The summed E-state index contributed by atoms with van der Waals surface area (Å²) in [6.07, 6.45) is 6.03. The summed E-state index contributed by atoms with van der Waals surface area (Å²) in [5.74, 6) is 1.80. The van der Waals surface area contributed by atoms with Crippen LogP contribution in [-0.2, 0) is 5.41 Å². The second kappa shape index (κ2) is 7.13. The molecule has 1 aliphatic rings. The second-order valence-electron chi connectivity index (χ2n) is 6.62. The van der Waals surface area contributed by atoms with Gasteiger partial charge in [0.2, 0.25) is 0 Å². The molecule has 0 N–H and O–H groups in total. The molecule has 0 amide bonds. The third-order valence-corrected chi connectivity index (χ3v) is 6.02. The molecule has 2 heterocycles. The van der Waals surface area contributed by atoms with Crippen molar-refractivity contribution in [1.82, 2.24) is 0 Å². The van der Waals surface area contributed by atoms with Crippen LogP contribution in [-0.4, -0.2) is 0 Å². The zero-order valence-electron chi connectivity index (χ0n) is 16.2. The molecule has 0 saturated carbocycles. The van der Waals surface area contributed by atoms with Crippen molar-refractivity contribution in [2.45, 2.75) is 40.0 Å². The van der Waals surface area contributed by atoms with Gasteiger partial charge in [-0.3, -0.25) is 0 Å². The first kappa shape index (κ1) is 18.5. The second-order valence-corrected chi connectivity index (χ2v) is 7.67. The Balaban J connectivity index is 0.000000948. The lowest BCUT2D eigenvalue weighted by Gasteiger charge is -2.35. The molecule has 4 rings (SSSR count). The molecule has 1 aliphatic heterocycles. The fourth-order valence-electron chi connectivity index (χ4n) is 3.67. The molecule has 3 aromatic rings. The van der Waals surface area contributed by atoms with E-state index < -0.39 is 0 Å². The zero-order chi connectivity index (χ0) is 18.9. The Hall–Kier alpha value is -2.32.